The SMILES string of the molecule is CCCC1(CNc2cc(F)c(Br)cc2[N+](=O)[O-])CC1. The molecule has 1 saturated carbocycles. The van der Waals surface area contributed by atoms with Gasteiger partial charge in [-0.15, -0.1) is 0 Å². The van der Waals surface area contributed by atoms with Crippen molar-refractivity contribution in [2.24, 2.45) is 5.41 Å². The zero-order valence-corrected chi connectivity index (χ0v) is 12.3. The lowest BCUT2D eigenvalue weighted by Crippen LogP contribution is -2.16. The fourth-order valence-corrected chi connectivity index (χ4v) is 2.67. The average molecular weight is 331 g/mol. The minimum atomic E-state index is -0.494. The molecule has 0 heterocycles. The normalized spacial score (nSPS) is 16.2. The number of hydrogen-bond donors (Lipinski definition) is 1. The highest BCUT2D eigenvalue weighted by atomic mass is 79.9. The maximum atomic E-state index is 13.5. The van der Waals surface area contributed by atoms with Gasteiger partial charge in [0, 0.05) is 18.7 Å². The van der Waals surface area contributed by atoms with E-state index in [1.165, 1.54) is 12.1 Å². The number of anilines is 1. The number of benzene rings is 1. The zero-order chi connectivity index (χ0) is 14.0. The smallest absolute Gasteiger partial charge is 0.293 e. The third-order valence-corrected chi connectivity index (χ3v) is 4.23. The van der Waals surface area contributed by atoms with Crippen LogP contribution in [0.25, 0.3) is 0 Å². The van der Waals surface area contributed by atoms with Crippen molar-refractivity contribution in [3.05, 3.63) is 32.5 Å². The van der Waals surface area contributed by atoms with E-state index in [2.05, 4.69) is 28.2 Å². The Kier molecular flexibility index (Phi) is 4.08. The van der Waals surface area contributed by atoms with Crippen LogP contribution >= 0.6 is 15.9 Å². The van der Waals surface area contributed by atoms with Crippen molar-refractivity contribution in [2.75, 3.05) is 11.9 Å². The molecule has 0 spiro atoms. The van der Waals surface area contributed by atoms with Crippen LogP contribution in [0.15, 0.2) is 16.6 Å². The van der Waals surface area contributed by atoms with Gasteiger partial charge in [0.15, 0.2) is 0 Å². The maximum Gasteiger partial charge on any atom is 0.293 e. The number of nitrogens with one attached hydrogen (secondary N) is 1. The van der Waals surface area contributed by atoms with Crippen LogP contribution in [0, 0.1) is 21.3 Å². The molecule has 1 fully saturated rings. The summed E-state index contributed by atoms with van der Waals surface area (Å²) in [5.74, 6) is -0.492. The molecule has 1 aliphatic carbocycles. The second kappa shape index (κ2) is 5.45. The lowest BCUT2D eigenvalue weighted by atomic mass is 10.0. The van der Waals surface area contributed by atoms with E-state index < -0.39 is 10.7 Å². The predicted octanol–water partition coefficient (Wildman–Crippen LogP) is 4.49. The predicted molar refractivity (Wildman–Crippen MR) is 75.8 cm³/mol. The standard InChI is InChI=1S/C13H16BrFN2O2/c1-2-3-13(4-5-13)8-16-11-7-10(15)9(14)6-12(11)17(18)19/h6-7,16H,2-5,8H2,1H3. The molecule has 0 atom stereocenters. The van der Waals surface area contributed by atoms with Crippen LogP contribution in [0.3, 0.4) is 0 Å². The largest absolute Gasteiger partial charge is 0.379 e. The van der Waals surface area contributed by atoms with Crippen molar-refractivity contribution in [3.63, 3.8) is 0 Å². The van der Waals surface area contributed by atoms with Crippen LogP contribution in [0.4, 0.5) is 15.8 Å². The Hall–Kier alpha value is -1.17. The van der Waals surface area contributed by atoms with Crippen molar-refractivity contribution < 1.29 is 9.31 Å². The molecule has 0 radical (unpaired) electrons. The molecule has 104 valence electrons. The number of nitro benzene ring substituents is 1. The third-order valence-electron chi connectivity index (χ3n) is 3.63. The molecule has 1 aromatic carbocycles. The fourth-order valence-electron chi connectivity index (χ4n) is 2.33. The van der Waals surface area contributed by atoms with E-state index in [0.717, 1.165) is 25.7 Å². The van der Waals surface area contributed by atoms with E-state index in [4.69, 9.17) is 0 Å². The van der Waals surface area contributed by atoms with Gasteiger partial charge >= 0.3 is 0 Å². The van der Waals surface area contributed by atoms with Gasteiger partial charge < -0.3 is 5.32 Å². The molecule has 1 aromatic rings. The molecule has 6 heteroatoms. The topological polar surface area (TPSA) is 55.2 Å². The number of hydrogen-bond acceptors (Lipinski definition) is 3. The van der Waals surface area contributed by atoms with E-state index in [9.17, 15) is 14.5 Å². The Morgan fingerprint density at radius 3 is 2.74 bits per heavy atom. The summed E-state index contributed by atoms with van der Waals surface area (Å²) < 4.78 is 13.6. The van der Waals surface area contributed by atoms with Gasteiger partial charge in [-0.25, -0.2) is 4.39 Å². The van der Waals surface area contributed by atoms with Gasteiger partial charge in [0.2, 0.25) is 0 Å². The van der Waals surface area contributed by atoms with Crippen LogP contribution in [-0.4, -0.2) is 11.5 Å². The second-order valence-corrected chi connectivity index (χ2v) is 6.00. The molecule has 0 saturated heterocycles. The Morgan fingerprint density at radius 2 is 2.21 bits per heavy atom. The maximum absolute atomic E-state index is 13.5. The van der Waals surface area contributed by atoms with Crippen molar-refractivity contribution in [3.8, 4) is 0 Å². The van der Waals surface area contributed by atoms with Gasteiger partial charge in [0.05, 0.1) is 9.40 Å². The van der Waals surface area contributed by atoms with Crippen LogP contribution < -0.4 is 5.32 Å². The van der Waals surface area contributed by atoms with E-state index in [1.54, 1.807) is 0 Å². The lowest BCUT2D eigenvalue weighted by Gasteiger charge is -2.16. The van der Waals surface area contributed by atoms with Gasteiger partial charge in [-0.3, -0.25) is 10.1 Å². The van der Waals surface area contributed by atoms with Crippen molar-refractivity contribution in [1.29, 1.82) is 0 Å². The first-order chi connectivity index (χ1) is 8.97. The van der Waals surface area contributed by atoms with E-state index >= 15 is 0 Å². The molecule has 0 unspecified atom stereocenters. The summed E-state index contributed by atoms with van der Waals surface area (Å²) in [6.45, 7) is 2.80. The number of nitro groups is 1. The van der Waals surface area contributed by atoms with Gasteiger partial charge in [-0.05, 0) is 40.6 Å². The highest BCUT2D eigenvalue weighted by molar-refractivity contribution is 9.10. The quantitative estimate of drug-likeness (QED) is 0.617. The molecule has 0 amide bonds. The highest BCUT2D eigenvalue weighted by Crippen LogP contribution is 2.49. The Bertz CT molecular complexity index is 504. The van der Waals surface area contributed by atoms with E-state index in [-0.39, 0.29) is 21.3 Å². The number of rotatable bonds is 6. The highest BCUT2D eigenvalue weighted by Gasteiger charge is 2.41. The molecule has 2 rings (SSSR count). The first-order valence-electron chi connectivity index (χ1n) is 6.35. The van der Waals surface area contributed by atoms with E-state index in [0.29, 0.717) is 6.54 Å². The minimum Gasteiger partial charge on any atom is -0.379 e. The minimum absolute atomic E-state index is 0.0967. The van der Waals surface area contributed by atoms with Crippen LogP contribution in [-0.2, 0) is 0 Å². The molecule has 4 nitrogen and oxygen atoms in total. The lowest BCUT2D eigenvalue weighted by molar-refractivity contribution is -0.384. The number of halogens is 2. The van der Waals surface area contributed by atoms with Crippen molar-refractivity contribution >= 4 is 27.3 Å². The van der Waals surface area contributed by atoms with Crippen LogP contribution in [0.5, 0.6) is 0 Å². The Morgan fingerprint density at radius 1 is 1.53 bits per heavy atom. The van der Waals surface area contributed by atoms with E-state index in [1.807, 2.05) is 0 Å². The molecule has 0 aromatic heterocycles. The van der Waals surface area contributed by atoms with Gasteiger partial charge in [0.25, 0.3) is 5.69 Å². The summed E-state index contributed by atoms with van der Waals surface area (Å²) in [5, 5.41) is 14.0. The monoisotopic (exact) mass is 330 g/mol. The summed E-state index contributed by atoms with van der Waals surface area (Å²) in [6.07, 6.45) is 4.48. The van der Waals surface area contributed by atoms with Crippen molar-refractivity contribution in [2.45, 2.75) is 32.6 Å². The summed E-state index contributed by atoms with van der Waals surface area (Å²) in [5.41, 5.74) is 0.417. The third kappa shape index (κ3) is 3.23. The number of nitrogens with zero attached hydrogens (tertiary/aromatic N) is 1. The molecule has 1 aliphatic rings. The summed E-state index contributed by atoms with van der Waals surface area (Å²) >= 11 is 2.97. The summed E-state index contributed by atoms with van der Waals surface area (Å²) in [7, 11) is 0. The Balaban J connectivity index is 2.15. The van der Waals surface area contributed by atoms with Gasteiger partial charge in [-0.1, -0.05) is 13.3 Å². The molecule has 1 N–H and O–H groups in total. The first-order valence-corrected chi connectivity index (χ1v) is 7.14. The van der Waals surface area contributed by atoms with Gasteiger partial charge in [0.1, 0.15) is 11.5 Å². The van der Waals surface area contributed by atoms with Crippen LogP contribution in [0.2, 0.25) is 0 Å². The fraction of sp³-hybridized carbons (Fsp3) is 0.538. The molecule has 0 aliphatic heterocycles. The van der Waals surface area contributed by atoms with Crippen molar-refractivity contribution in [1.82, 2.24) is 0 Å². The summed E-state index contributed by atoms with van der Waals surface area (Å²) in [6, 6.07) is 2.39. The Labute approximate surface area is 119 Å². The molecule has 19 heavy (non-hydrogen) atoms. The average Bonchev–Trinajstić information content (AvgIpc) is 3.11. The summed E-state index contributed by atoms with van der Waals surface area (Å²) in [4.78, 5) is 10.5. The zero-order valence-electron chi connectivity index (χ0n) is 10.7. The van der Waals surface area contributed by atoms with Crippen LogP contribution in [0.1, 0.15) is 32.6 Å². The molecular weight excluding hydrogens is 315 g/mol. The molecule has 0 bridgehead atoms. The first kappa shape index (κ1) is 14.2. The molecular formula is C13H16BrFN2O2. The second-order valence-electron chi connectivity index (χ2n) is 5.14. The van der Waals surface area contributed by atoms with Gasteiger partial charge in [-0.2, -0.15) is 0 Å².